The van der Waals surface area contributed by atoms with Crippen molar-refractivity contribution in [3.8, 4) is 17.2 Å². The van der Waals surface area contributed by atoms with Gasteiger partial charge in [-0.05, 0) is 30.3 Å². The summed E-state index contributed by atoms with van der Waals surface area (Å²) in [5.74, 6) is 1.51. The molecule has 9 heteroatoms. The number of fused-ring (bicyclic) bond motifs is 1. The number of amides is 3. The molecule has 0 aliphatic carbocycles. The number of methoxy groups -OCH3 is 1. The average Bonchev–Trinajstić information content (AvgIpc) is 3.08. The zero-order valence-corrected chi connectivity index (χ0v) is 16.6. The van der Waals surface area contributed by atoms with Gasteiger partial charge >= 0.3 is 6.03 Å². The monoisotopic (exact) mass is 417 g/mol. The number of halogens is 1. The van der Waals surface area contributed by atoms with E-state index in [-0.39, 0.29) is 18.5 Å². The van der Waals surface area contributed by atoms with Crippen molar-refractivity contribution < 1.29 is 23.8 Å². The quantitative estimate of drug-likeness (QED) is 0.808. The van der Waals surface area contributed by atoms with Crippen molar-refractivity contribution in [1.82, 2.24) is 4.90 Å². The van der Waals surface area contributed by atoms with Crippen LogP contribution >= 0.6 is 11.6 Å². The summed E-state index contributed by atoms with van der Waals surface area (Å²) < 4.78 is 16.2. The second kappa shape index (κ2) is 8.08. The van der Waals surface area contributed by atoms with Crippen molar-refractivity contribution in [3.05, 3.63) is 41.4 Å². The zero-order chi connectivity index (χ0) is 20.4. The summed E-state index contributed by atoms with van der Waals surface area (Å²) in [6.45, 7) is 1.87. The van der Waals surface area contributed by atoms with Crippen molar-refractivity contribution in [3.63, 3.8) is 0 Å². The van der Waals surface area contributed by atoms with E-state index in [1.165, 1.54) is 12.0 Å². The van der Waals surface area contributed by atoms with Gasteiger partial charge in [-0.25, -0.2) is 4.79 Å². The lowest BCUT2D eigenvalue weighted by atomic mass is 10.2. The predicted octanol–water partition coefficient (Wildman–Crippen LogP) is 3.00. The number of carbonyl (C=O) groups is 2. The Balaban J connectivity index is 1.39. The number of nitrogens with zero attached hydrogens (tertiary/aromatic N) is 2. The molecule has 1 saturated heterocycles. The predicted molar refractivity (Wildman–Crippen MR) is 108 cm³/mol. The molecule has 3 amide bonds. The van der Waals surface area contributed by atoms with Crippen molar-refractivity contribution in [2.75, 3.05) is 50.2 Å². The van der Waals surface area contributed by atoms with Crippen LogP contribution in [0.5, 0.6) is 17.2 Å². The first kappa shape index (κ1) is 19.2. The molecule has 2 aliphatic rings. The van der Waals surface area contributed by atoms with Gasteiger partial charge in [0.15, 0.2) is 11.5 Å². The van der Waals surface area contributed by atoms with E-state index >= 15 is 0 Å². The van der Waals surface area contributed by atoms with Crippen LogP contribution in [0.3, 0.4) is 0 Å². The van der Waals surface area contributed by atoms with Gasteiger partial charge in [-0.2, -0.15) is 0 Å². The zero-order valence-electron chi connectivity index (χ0n) is 15.8. The number of hydrogen-bond donors (Lipinski definition) is 1. The second-order valence-electron chi connectivity index (χ2n) is 6.58. The molecule has 29 heavy (non-hydrogen) atoms. The minimum atomic E-state index is -0.302. The Morgan fingerprint density at radius 2 is 1.93 bits per heavy atom. The highest BCUT2D eigenvalue weighted by molar-refractivity contribution is 6.32. The number of benzene rings is 2. The number of ether oxygens (including phenoxy) is 3. The van der Waals surface area contributed by atoms with Crippen molar-refractivity contribution in [2.24, 2.45) is 0 Å². The molecule has 1 N–H and O–H groups in total. The standard InChI is InChI=1S/C20H20ClN3O5/c1-27-16-4-2-13(10-15(16)21)22-19(25)12-23-6-7-24(20(23)26)14-3-5-17-18(11-14)29-9-8-28-17/h2-5,10-11H,6-9,12H2,1H3,(H,22,25). The lowest BCUT2D eigenvalue weighted by molar-refractivity contribution is -0.116. The van der Waals surface area contributed by atoms with E-state index in [4.69, 9.17) is 25.8 Å². The number of nitrogens with one attached hydrogen (secondary N) is 1. The first-order valence-electron chi connectivity index (χ1n) is 9.14. The van der Waals surface area contributed by atoms with E-state index in [1.807, 2.05) is 6.07 Å². The Kier molecular flexibility index (Phi) is 5.35. The van der Waals surface area contributed by atoms with Gasteiger partial charge in [0.25, 0.3) is 0 Å². The fourth-order valence-corrected chi connectivity index (χ4v) is 3.54. The lowest BCUT2D eigenvalue weighted by Gasteiger charge is -2.22. The molecule has 152 valence electrons. The maximum Gasteiger partial charge on any atom is 0.325 e. The number of rotatable bonds is 5. The molecule has 2 aliphatic heterocycles. The molecule has 2 aromatic carbocycles. The smallest absolute Gasteiger partial charge is 0.325 e. The molecule has 0 aromatic heterocycles. The van der Waals surface area contributed by atoms with Gasteiger partial charge < -0.3 is 24.4 Å². The van der Waals surface area contributed by atoms with Crippen LogP contribution in [0.4, 0.5) is 16.2 Å². The van der Waals surface area contributed by atoms with Gasteiger partial charge in [0.1, 0.15) is 25.5 Å². The summed E-state index contributed by atoms with van der Waals surface area (Å²) >= 11 is 6.08. The number of anilines is 2. The van der Waals surface area contributed by atoms with Crippen molar-refractivity contribution in [1.29, 1.82) is 0 Å². The molecule has 0 unspecified atom stereocenters. The highest BCUT2D eigenvalue weighted by atomic mass is 35.5. The van der Waals surface area contributed by atoms with Crippen LogP contribution in [0.15, 0.2) is 36.4 Å². The number of hydrogen-bond acceptors (Lipinski definition) is 5. The van der Waals surface area contributed by atoms with Gasteiger partial charge in [0.05, 0.1) is 12.1 Å². The van der Waals surface area contributed by atoms with E-state index in [0.717, 1.165) is 0 Å². The van der Waals surface area contributed by atoms with Gasteiger partial charge in [-0.1, -0.05) is 11.6 Å². The fourth-order valence-electron chi connectivity index (χ4n) is 3.29. The molecule has 8 nitrogen and oxygen atoms in total. The minimum absolute atomic E-state index is 0.0521. The molecule has 0 radical (unpaired) electrons. The fraction of sp³-hybridized carbons (Fsp3) is 0.300. The van der Waals surface area contributed by atoms with Gasteiger partial charge in [-0.15, -0.1) is 0 Å². The Morgan fingerprint density at radius 1 is 1.14 bits per heavy atom. The summed E-state index contributed by atoms with van der Waals surface area (Å²) in [5.41, 5.74) is 1.25. The second-order valence-corrected chi connectivity index (χ2v) is 6.99. The van der Waals surface area contributed by atoms with Crippen LogP contribution in [0.25, 0.3) is 0 Å². The number of urea groups is 1. The van der Waals surface area contributed by atoms with Gasteiger partial charge in [-0.3, -0.25) is 9.69 Å². The van der Waals surface area contributed by atoms with Crippen LogP contribution in [0, 0.1) is 0 Å². The van der Waals surface area contributed by atoms with Crippen LogP contribution in [-0.2, 0) is 4.79 Å². The first-order valence-corrected chi connectivity index (χ1v) is 9.52. The summed E-state index contributed by atoms with van der Waals surface area (Å²) in [4.78, 5) is 28.3. The van der Waals surface area contributed by atoms with Crippen LogP contribution in [0.2, 0.25) is 5.02 Å². The molecule has 0 spiro atoms. The molecule has 1 fully saturated rings. The Labute approximate surface area is 172 Å². The van der Waals surface area contributed by atoms with E-state index in [9.17, 15) is 9.59 Å². The molecule has 0 atom stereocenters. The summed E-state index contributed by atoms with van der Waals surface area (Å²) in [6.07, 6.45) is 0. The molecule has 0 saturated carbocycles. The summed E-state index contributed by atoms with van der Waals surface area (Å²) in [5, 5.41) is 3.14. The van der Waals surface area contributed by atoms with E-state index in [2.05, 4.69) is 5.32 Å². The lowest BCUT2D eigenvalue weighted by Crippen LogP contribution is -2.37. The van der Waals surface area contributed by atoms with E-state index in [0.29, 0.717) is 59.9 Å². The van der Waals surface area contributed by atoms with Gasteiger partial charge in [0.2, 0.25) is 5.91 Å². The number of carbonyl (C=O) groups excluding carboxylic acids is 2. The summed E-state index contributed by atoms with van der Waals surface area (Å²) in [6, 6.07) is 10.1. The van der Waals surface area contributed by atoms with E-state index < -0.39 is 0 Å². The van der Waals surface area contributed by atoms with Crippen molar-refractivity contribution >= 4 is 34.9 Å². The topological polar surface area (TPSA) is 80.3 Å². The highest BCUT2D eigenvalue weighted by Crippen LogP contribution is 2.35. The molecular weight excluding hydrogens is 398 g/mol. The molecule has 4 rings (SSSR count). The third-order valence-electron chi connectivity index (χ3n) is 4.70. The van der Waals surface area contributed by atoms with Crippen LogP contribution < -0.4 is 24.4 Å². The largest absolute Gasteiger partial charge is 0.495 e. The van der Waals surface area contributed by atoms with Crippen molar-refractivity contribution in [2.45, 2.75) is 0 Å². The maximum atomic E-state index is 12.8. The Bertz CT molecular complexity index is 952. The van der Waals surface area contributed by atoms with E-state index in [1.54, 1.807) is 35.2 Å². The Hall–Kier alpha value is -3.13. The summed E-state index contributed by atoms with van der Waals surface area (Å²) in [7, 11) is 1.52. The third kappa shape index (κ3) is 4.02. The highest BCUT2D eigenvalue weighted by Gasteiger charge is 2.31. The van der Waals surface area contributed by atoms with Gasteiger partial charge in [0, 0.05) is 30.5 Å². The minimum Gasteiger partial charge on any atom is -0.495 e. The Morgan fingerprint density at radius 3 is 2.69 bits per heavy atom. The molecule has 2 heterocycles. The first-order chi connectivity index (χ1) is 14.0. The molecular formula is C20H20ClN3O5. The van der Waals surface area contributed by atoms with Crippen LogP contribution in [0.1, 0.15) is 0 Å². The SMILES string of the molecule is COc1ccc(NC(=O)CN2CCN(c3ccc4c(c3)OCCO4)C2=O)cc1Cl. The third-order valence-corrected chi connectivity index (χ3v) is 5.00. The maximum absolute atomic E-state index is 12.8. The molecule has 2 aromatic rings. The van der Waals surface area contributed by atoms with Crippen LogP contribution in [-0.4, -0.2) is 56.8 Å². The normalized spacial score (nSPS) is 15.4. The molecule has 0 bridgehead atoms. The average molecular weight is 418 g/mol.